The Hall–Kier alpha value is -3.97. The van der Waals surface area contributed by atoms with Gasteiger partial charge in [-0.25, -0.2) is 14.4 Å². The van der Waals surface area contributed by atoms with Gasteiger partial charge in [-0.15, -0.1) is 0 Å². The molecule has 6 nitrogen and oxygen atoms in total. The minimum atomic E-state index is -0.309. The molecule has 0 fully saturated rings. The van der Waals surface area contributed by atoms with E-state index in [1.54, 1.807) is 12.3 Å². The molecule has 34 heavy (non-hydrogen) atoms. The average Bonchev–Trinajstić information content (AvgIpc) is 3.33. The average molecular weight is 453 g/mol. The summed E-state index contributed by atoms with van der Waals surface area (Å²) in [6, 6.07) is 12.9. The largest absolute Gasteiger partial charge is 0.308 e. The Bertz CT molecular complexity index is 1470. The number of hydrogen-bond acceptors (Lipinski definition) is 5. The highest BCUT2D eigenvalue weighted by atomic mass is 19.1. The Kier molecular flexibility index (Phi) is 5.86. The molecule has 7 heteroatoms. The number of benzene rings is 1. The fourth-order valence-corrected chi connectivity index (χ4v) is 3.95. The molecule has 0 saturated carbocycles. The highest BCUT2D eigenvalue weighted by molar-refractivity contribution is 5.95. The standard InChI is InChI=1S/C27H25FN6/c1-18-6-7-25(28)24(11-18)26-13-23(22-5-4-8-30-27(22)32-26)20-12-19(14-29-15-20)21-16-31-34(17-21)10-9-33(2)3/h4-8,11-17H,9-10H2,1-3H3. The third-order valence-electron chi connectivity index (χ3n) is 5.77. The Labute approximate surface area is 197 Å². The van der Waals surface area contributed by atoms with E-state index in [-0.39, 0.29) is 5.82 Å². The van der Waals surface area contributed by atoms with E-state index in [0.29, 0.717) is 16.9 Å². The van der Waals surface area contributed by atoms with Crippen LogP contribution in [0, 0.1) is 12.7 Å². The fourth-order valence-electron chi connectivity index (χ4n) is 3.95. The van der Waals surface area contributed by atoms with E-state index < -0.39 is 0 Å². The Morgan fingerprint density at radius 3 is 2.65 bits per heavy atom. The topological polar surface area (TPSA) is 59.7 Å². The summed E-state index contributed by atoms with van der Waals surface area (Å²) >= 11 is 0. The molecule has 4 heterocycles. The van der Waals surface area contributed by atoms with Crippen LogP contribution in [0.15, 0.2) is 73.4 Å². The van der Waals surface area contributed by atoms with Crippen LogP contribution in [0.3, 0.4) is 0 Å². The number of aromatic nitrogens is 5. The predicted octanol–water partition coefficient (Wildman–Crippen LogP) is 5.23. The van der Waals surface area contributed by atoms with Crippen LogP contribution < -0.4 is 0 Å². The molecule has 0 bridgehead atoms. The van der Waals surface area contributed by atoms with E-state index in [9.17, 15) is 4.39 Å². The lowest BCUT2D eigenvalue weighted by atomic mass is 9.98. The van der Waals surface area contributed by atoms with Crippen LogP contribution in [0.4, 0.5) is 4.39 Å². The summed E-state index contributed by atoms with van der Waals surface area (Å²) in [6.07, 6.45) is 9.24. The molecule has 4 aromatic heterocycles. The van der Waals surface area contributed by atoms with E-state index in [1.165, 1.54) is 6.07 Å². The van der Waals surface area contributed by atoms with Crippen LogP contribution >= 0.6 is 0 Å². The van der Waals surface area contributed by atoms with Gasteiger partial charge in [-0.2, -0.15) is 5.10 Å². The van der Waals surface area contributed by atoms with E-state index in [1.807, 2.05) is 74.8 Å². The summed E-state index contributed by atoms with van der Waals surface area (Å²) in [6.45, 7) is 3.66. The van der Waals surface area contributed by atoms with Crippen LogP contribution in [0.5, 0.6) is 0 Å². The third kappa shape index (κ3) is 4.43. The van der Waals surface area contributed by atoms with Crippen LogP contribution in [-0.2, 0) is 6.54 Å². The van der Waals surface area contributed by atoms with Gasteiger partial charge in [0, 0.05) is 59.0 Å². The Balaban J connectivity index is 1.60. The number of fused-ring (bicyclic) bond motifs is 1. The van der Waals surface area contributed by atoms with Crippen molar-refractivity contribution in [1.82, 2.24) is 29.6 Å². The molecular formula is C27H25FN6. The van der Waals surface area contributed by atoms with Gasteiger partial charge in [0.05, 0.1) is 18.4 Å². The summed E-state index contributed by atoms with van der Waals surface area (Å²) < 4.78 is 16.6. The van der Waals surface area contributed by atoms with Crippen molar-refractivity contribution in [3.05, 3.63) is 84.8 Å². The summed E-state index contributed by atoms with van der Waals surface area (Å²) in [5.74, 6) is -0.309. The molecule has 0 N–H and O–H groups in total. The van der Waals surface area contributed by atoms with E-state index in [4.69, 9.17) is 0 Å². The monoisotopic (exact) mass is 452 g/mol. The molecule has 0 aliphatic rings. The summed E-state index contributed by atoms with van der Waals surface area (Å²) in [5, 5.41) is 5.38. The van der Waals surface area contributed by atoms with Crippen molar-refractivity contribution >= 4 is 11.0 Å². The molecular weight excluding hydrogens is 427 g/mol. The second-order valence-corrected chi connectivity index (χ2v) is 8.67. The minimum absolute atomic E-state index is 0.309. The molecule has 0 aliphatic heterocycles. The zero-order valence-electron chi connectivity index (χ0n) is 19.4. The van der Waals surface area contributed by atoms with Crippen LogP contribution in [0.2, 0.25) is 0 Å². The van der Waals surface area contributed by atoms with Gasteiger partial charge in [-0.1, -0.05) is 11.6 Å². The van der Waals surface area contributed by atoms with Crippen molar-refractivity contribution in [2.24, 2.45) is 0 Å². The molecule has 0 saturated heterocycles. The smallest absolute Gasteiger partial charge is 0.160 e. The number of nitrogens with zero attached hydrogens (tertiary/aromatic N) is 6. The van der Waals surface area contributed by atoms with Crippen LogP contribution in [0.25, 0.3) is 44.5 Å². The van der Waals surface area contributed by atoms with Gasteiger partial charge in [0.1, 0.15) is 5.82 Å². The maximum Gasteiger partial charge on any atom is 0.160 e. The predicted molar refractivity (Wildman–Crippen MR) is 133 cm³/mol. The fraction of sp³-hybridized carbons (Fsp3) is 0.185. The second-order valence-electron chi connectivity index (χ2n) is 8.67. The van der Waals surface area contributed by atoms with Gasteiger partial charge in [0.15, 0.2) is 5.65 Å². The normalized spacial score (nSPS) is 11.4. The van der Waals surface area contributed by atoms with Crippen molar-refractivity contribution in [3.63, 3.8) is 0 Å². The number of likely N-dealkylation sites (N-methyl/N-ethyl adjacent to an activating group) is 1. The minimum Gasteiger partial charge on any atom is -0.308 e. The first-order chi connectivity index (χ1) is 16.5. The molecule has 0 unspecified atom stereocenters. The molecule has 170 valence electrons. The molecule has 1 aromatic carbocycles. The van der Waals surface area contributed by atoms with E-state index in [2.05, 4.69) is 31.0 Å². The maximum atomic E-state index is 14.7. The van der Waals surface area contributed by atoms with Gasteiger partial charge in [0.25, 0.3) is 0 Å². The number of hydrogen-bond donors (Lipinski definition) is 0. The number of rotatable bonds is 6. The number of aryl methyl sites for hydroxylation is 1. The number of pyridine rings is 3. The van der Waals surface area contributed by atoms with Crippen molar-refractivity contribution in [1.29, 1.82) is 0 Å². The lowest BCUT2D eigenvalue weighted by Crippen LogP contribution is -2.18. The van der Waals surface area contributed by atoms with E-state index in [0.717, 1.165) is 46.3 Å². The lowest BCUT2D eigenvalue weighted by Gasteiger charge is -2.11. The maximum absolute atomic E-state index is 14.7. The van der Waals surface area contributed by atoms with E-state index >= 15 is 0 Å². The first-order valence-electron chi connectivity index (χ1n) is 11.1. The SMILES string of the molecule is Cc1ccc(F)c(-c2cc(-c3cncc(-c4cnn(CCN(C)C)c4)c3)c3cccnc3n2)c1. The number of halogens is 1. The zero-order chi connectivity index (χ0) is 23.7. The molecule has 5 rings (SSSR count). The van der Waals surface area contributed by atoms with Crippen LogP contribution in [-0.4, -0.2) is 50.3 Å². The summed E-state index contributed by atoms with van der Waals surface area (Å²) in [4.78, 5) is 15.7. The van der Waals surface area contributed by atoms with Gasteiger partial charge in [-0.05, 0) is 63.0 Å². The van der Waals surface area contributed by atoms with Gasteiger partial charge in [-0.3, -0.25) is 9.67 Å². The summed E-state index contributed by atoms with van der Waals surface area (Å²) in [7, 11) is 4.09. The first kappa shape index (κ1) is 21.9. The summed E-state index contributed by atoms with van der Waals surface area (Å²) in [5.41, 5.74) is 6.31. The van der Waals surface area contributed by atoms with Gasteiger partial charge >= 0.3 is 0 Å². The highest BCUT2D eigenvalue weighted by Gasteiger charge is 2.14. The van der Waals surface area contributed by atoms with Crippen molar-refractivity contribution in [2.45, 2.75) is 13.5 Å². The van der Waals surface area contributed by atoms with Crippen molar-refractivity contribution in [2.75, 3.05) is 20.6 Å². The molecule has 0 radical (unpaired) electrons. The third-order valence-corrected chi connectivity index (χ3v) is 5.77. The van der Waals surface area contributed by atoms with Crippen LogP contribution in [0.1, 0.15) is 5.56 Å². The zero-order valence-corrected chi connectivity index (χ0v) is 19.4. The molecule has 0 spiro atoms. The lowest BCUT2D eigenvalue weighted by molar-refractivity contribution is 0.373. The molecule has 5 aromatic rings. The van der Waals surface area contributed by atoms with Crippen molar-refractivity contribution in [3.8, 4) is 33.5 Å². The molecule has 0 aliphatic carbocycles. The molecule has 0 amide bonds. The highest BCUT2D eigenvalue weighted by Crippen LogP contribution is 2.34. The van der Waals surface area contributed by atoms with Crippen molar-refractivity contribution < 1.29 is 4.39 Å². The van der Waals surface area contributed by atoms with Gasteiger partial charge in [0.2, 0.25) is 0 Å². The second kappa shape index (κ2) is 9.11. The Morgan fingerprint density at radius 2 is 1.79 bits per heavy atom. The van der Waals surface area contributed by atoms with Gasteiger partial charge < -0.3 is 4.90 Å². The first-order valence-corrected chi connectivity index (χ1v) is 11.1. The molecule has 0 atom stereocenters. The quantitative estimate of drug-likeness (QED) is 0.353. The Morgan fingerprint density at radius 1 is 0.941 bits per heavy atom.